The lowest BCUT2D eigenvalue weighted by Crippen LogP contribution is -2.57. The predicted octanol–water partition coefficient (Wildman–Crippen LogP) is 1.57. The van der Waals surface area contributed by atoms with Gasteiger partial charge in [0.1, 0.15) is 6.34 Å². The normalized spacial score (nSPS) is 21.4. The molecule has 9 heteroatoms. The molecule has 0 aliphatic carbocycles. The number of rotatable bonds is 2. The topological polar surface area (TPSA) is 42.6 Å². The fourth-order valence-electron chi connectivity index (χ4n) is 1.24. The maximum Gasteiger partial charge on any atom is 0.457 e. The molecule has 0 fully saturated rings. The van der Waals surface area contributed by atoms with E-state index < -0.39 is 18.3 Å². The minimum Gasteiger partial charge on any atom is -0.266 e. The molecule has 4 nitrogen and oxygen atoms in total. The molecule has 16 heavy (non-hydrogen) atoms. The molecule has 0 radical (unpaired) electrons. The first-order chi connectivity index (χ1) is 7.25. The van der Waals surface area contributed by atoms with Crippen LogP contribution < -0.4 is 0 Å². The molecule has 0 spiro atoms. The maximum absolute atomic E-state index is 13.1. The number of hydrogen-bond acceptors (Lipinski definition) is 4. The van der Waals surface area contributed by atoms with E-state index in [2.05, 4.69) is 5.10 Å². The van der Waals surface area contributed by atoms with Gasteiger partial charge in [0.05, 0.1) is 0 Å². The van der Waals surface area contributed by atoms with E-state index in [1.54, 1.807) is 0 Å². The van der Waals surface area contributed by atoms with Crippen LogP contribution in [0, 0.1) is 11.5 Å². The van der Waals surface area contributed by atoms with Crippen LogP contribution in [0.4, 0.5) is 22.0 Å². The number of hydrazone groups is 1. The Hall–Kier alpha value is -1.59. The van der Waals surface area contributed by atoms with Crippen molar-refractivity contribution in [1.82, 2.24) is 9.91 Å². The Morgan fingerprint density at radius 3 is 2.31 bits per heavy atom. The Morgan fingerprint density at radius 2 is 1.94 bits per heavy atom. The molecule has 0 saturated heterocycles. The number of nitriles is 1. The van der Waals surface area contributed by atoms with Crippen molar-refractivity contribution in [3.63, 3.8) is 0 Å². The zero-order valence-electron chi connectivity index (χ0n) is 8.04. The summed E-state index contributed by atoms with van der Waals surface area (Å²) in [7, 11) is 0. The summed E-state index contributed by atoms with van der Waals surface area (Å²) in [6, 6.07) is 0. The van der Waals surface area contributed by atoms with Crippen LogP contribution in [0.15, 0.2) is 5.10 Å². The third-order valence-corrected chi connectivity index (χ3v) is 2.01. The molecule has 1 rings (SSSR count). The quantitative estimate of drug-likeness (QED) is 0.545. The van der Waals surface area contributed by atoms with Crippen LogP contribution in [0.25, 0.3) is 0 Å². The minimum atomic E-state index is -5.73. The average Bonchev–Trinajstić information content (AvgIpc) is 2.58. The van der Waals surface area contributed by atoms with Crippen molar-refractivity contribution in [2.45, 2.75) is 25.2 Å². The first kappa shape index (κ1) is 12.5. The summed E-state index contributed by atoms with van der Waals surface area (Å²) in [5, 5.41) is 12.2. The van der Waals surface area contributed by atoms with Crippen LogP contribution in [0.5, 0.6) is 0 Å². The molecule has 1 atom stereocenters. The summed E-state index contributed by atoms with van der Waals surface area (Å²) in [5.41, 5.74) is 0. The lowest BCUT2D eigenvalue weighted by molar-refractivity contribution is -0.311. The molecule has 0 aromatic carbocycles. The summed E-state index contributed by atoms with van der Waals surface area (Å²) in [6.45, 7) is 1.20. The second kappa shape index (κ2) is 3.77. The first-order valence-corrected chi connectivity index (χ1v) is 4.19. The van der Waals surface area contributed by atoms with Gasteiger partial charge in [0.2, 0.25) is 6.17 Å². The summed E-state index contributed by atoms with van der Waals surface area (Å²) in [4.78, 5) is 0.178. The second-order valence-electron chi connectivity index (χ2n) is 2.99. The van der Waals surface area contributed by atoms with Crippen molar-refractivity contribution < 1.29 is 22.0 Å². The van der Waals surface area contributed by atoms with Crippen LogP contribution in [0.3, 0.4) is 0 Å². The van der Waals surface area contributed by atoms with Gasteiger partial charge in [0, 0.05) is 6.54 Å². The molecule has 1 aliphatic heterocycles. The van der Waals surface area contributed by atoms with Gasteiger partial charge in [-0.15, -0.1) is 0 Å². The third kappa shape index (κ3) is 1.75. The summed E-state index contributed by atoms with van der Waals surface area (Å²) >= 11 is 0. The highest BCUT2D eigenvalue weighted by atomic mass is 19.4. The average molecular weight is 242 g/mol. The van der Waals surface area contributed by atoms with Crippen LogP contribution >= 0.6 is 0 Å². The van der Waals surface area contributed by atoms with E-state index in [1.165, 1.54) is 13.1 Å². The number of hydrogen-bond donors (Lipinski definition) is 0. The van der Waals surface area contributed by atoms with Gasteiger partial charge >= 0.3 is 12.1 Å². The van der Waals surface area contributed by atoms with Crippen LogP contribution in [0.1, 0.15) is 6.92 Å². The van der Waals surface area contributed by atoms with E-state index in [4.69, 9.17) is 5.26 Å². The highest BCUT2D eigenvalue weighted by molar-refractivity contribution is 5.59. The van der Waals surface area contributed by atoms with Crippen molar-refractivity contribution in [3.8, 4) is 6.19 Å². The van der Waals surface area contributed by atoms with Gasteiger partial charge in [0.15, 0.2) is 6.19 Å². The van der Waals surface area contributed by atoms with E-state index in [0.29, 0.717) is 11.3 Å². The SMILES string of the molecule is CCN1N=CN(C#N)C1C(F)(F)C(F)(F)F. The molecule has 0 bridgehead atoms. The van der Waals surface area contributed by atoms with Crippen molar-refractivity contribution in [3.05, 3.63) is 0 Å². The van der Waals surface area contributed by atoms with Crippen LogP contribution in [0.2, 0.25) is 0 Å². The fourth-order valence-corrected chi connectivity index (χ4v) is 1.24. The smallest absolute Gasteiger partial charge is 0.266 e. The molecule has 0 aromatic heterocycles. The lowest BCUT2D eigenvalue weighted by Gasteiger charge is -2.33. The third-order valence-electron chi connectivity index (χ3n) is 2.01. The van der Waals surface area contributed by atoms with Gasteiger partial charge in [-0.25, -0.2) is 4.90 Å². The van der Waals surface area contributed by atoms with Crippen molar-refractivity contribution in [2.24, 2.45) is 5.10 Å². The molecule has 0 amide bonds. The van der Waals surface area contributed by atoms with E-state index >= 15 is 0 Å². The van der Waals surface area contributed by atoms with Crippen molar-refractivity contribution >= 4 is 6.34 Å². The van der Waals surface area contributed by atoms with Gasteiger partial charge in [0.25, 0.3) is 0 Å². The van der Waals surface area contributed by atoms with Crippen LogP contribution in [-0.2, 0) is 0 Å². The standard InChI is InChI=1S/C7H7F5N4/c1-2-16-5(15(3-13)4-14-16)6(8,9)7(10,11)12/h4-5H,2H2,1H3. The number of nitrogens with zero attached hydrogens (tertiary/aromatic N) is 4. The van der Waals surface area contributed by atoms with Gasteiger partial charge in [-0.1, -0.05) is 0 Å². The van der Waals surface area contributed by atoms with E-state index in [1.807, 2.05) is 0 Å². The second-order valence-corrected chi connectivity index (χ2v) is 2.99. The van der Waals surface area contributed by atoms with E-state index in [-0.39, 0.29) is 11.4 Å². The minimum absolute atomic E-state index is 0.162. The van der Waals surface area contributed by atoms with Crippen molar-refractivity contribution in [1.29, 1.82) is 5.26 Å². The molecule has 90 valence electrons. The zero-order chi connectivity index (χ0) is 12.6. The summed E-state index contributed by atoms with van der Waals surface area (Å²) in [5.74, 6) is -5.03. The van der Waals surface area contributed by atoms with Gasteiger partial charge in [-0.3, -0.25) is 5.01 Å². The van der Waals surface area contributed by atoms with E-state index in [0.717, 1.165) is 0 Å². The lowest BCUT2D eigenvalue weighted by atomic mass is 10.2. The Kier molecular flexibility index (Phi) is 2.94. The molecule has 0 saturated carbocycles. The molecule has 1 heterocycles. The van der Waals surface area contributed by atoms with Crippen LogP contribution in [-0.4, -0.2) is 41.1 Å². The first-order valence-electron chi connectivity index (χ1n) is 4.19. The zero-order valence-corrected chi connectivity index (χ0v) is 8.04. The van der Waals surface area contributed by atoms with Gasteiger partial charge < -0.3 is 0 Å². The number of halogens is 5. The highest BCUT2D eigenvalue weighted by Gasteiger charge is 2.66. The highest BCUT2D eigenvalue weighted by Crippen LogP contribution is 2.42. The molecular formula is C7H7F5N4. The Morgan fingerprint density at radius 1 is 1.38 bits per heavy atom. The number of alkyl halides is 5. The Bertz CT molecular complexity index is 331. The molecule has 1 aliphatic rings. The van der Waals surface area contributed by atoms with Gasteiger partial charge in [-0.05, 0) is 6.92 Å². The fraction of sp³-hybridized carbons (Fsp3) is 0.714. The Balaban J connectivity index is 3.06. The van der Waals surface area contributed by atoms with Gasteiger partial charge in [-0.2, -0.15) is 32.3 Å². The van der Waals surface area contributed by atoms with E-state index in [9.17, 15) is 22.0 Å². The molecule has 0 aromatic rings. The molecular weight excluding hydrogens is 235 g/mol. The molecule has 0 N–H and O–H groups in total. The Labute approximate surface area is 87.5 Å². The summed E-state index contributed by atoms with van der Waals surface area (Å²) < 4.78 is 62.5. The summed E-state index contributed by atoms with van der Waals surface area (Å²) in [6.07, 6.45) is -6.30. The molecule has 1 unspecified atom stereocenters. The largest absolute Gasteiger partial charge is 0.457 e. The predicted molar refractivity (Wildman–Crippen MR) is 43.1 cm³/mol. The monoisotopic (exact) mass is 242 g/mol. The maximum atomic E-state index is 13.1. The van der Waals surface area contributed by atoms with Crippen molar-refractivity contribution in [2.75, 3.05) is 6.54 Å².